The van der Waals surface area contributed by atoms with Crippen LogP contribution in [0.1, 0.15) is 33.6 Å². The standard InChI is InChI=1S/C14H22N4O2/c1-4-15-13-8-12(18(19)20)9-14(16-13)17-6-5-10(2)7-11(17)3/h8-11H,4-7H2,1-3H3,(H,15,16). The molecule has 20 heavy (non-hydrogen) atoms. The maximum Gasteiger partial charge on any atom is 0.276 e. The minimum absolute atomic E-state index is 0.0942. The molecular weight excluding hydrogens is 256 g/mol. The van der Waals surface area contributed by atoms with Crippen molar-refractivity contribution in [2.24, 2.45) is 5.92 Å². The number of nitrogens with one attached hydrogen (secondary N) is 1. The van der Waals surface area contributed by atoms with E-state index in [4.69, 9.17) is 0 Å². The van der Waals surface area contributed by atoms with E-state index in [1.807, 2.05) is 6.92 Å². The molecular formula is C14H22N4O2. The zero-order chi connectivity index (χ0) is 14.7. The van der Waals surface area contributed by atoms with Crippen molar-refractivity contribution in [2.45, 2.75) is 39.7 Å². The summed E-state index contributed by atoms with van der Waals surface area (Å²) >= 11 is 0. The quantitative estimate of drug-likeness (QED) is 0.677. The summed E-state index contributed by atoms with van der Waals surface area (Å²) in [6, 6.07) is 3.43. The van der Waals surface area contributed by atoms with Crippen molar-refractivity contribution in [1.82, 2.24) is 4.98 Å². The first-order valence-corrected chi connectivity index (χ1v) is 7.18. The Morgan fingerprint density at radius 1 is 1.50 bits per heavy atom. The molecule has 0 saturated carbocycles. The van der Waals surface area contributed by atoms with Crippen LogP contribution in [0.3, 0.4) is 0 Å². The molecule has 6 heteroatoms. The first-order chi connectivity index (χ1) is 9.51. The Bertz CT molecular complexity index is 492. The summed E-state index contributed by atoms with van der Waals surface area (Å²) in [6.07, 6.45) is 2.20. The van der Waals surface area contributed by atoms with Crippen LogP contribution in [0.5, 0.6) is 0 Å². The summed E-state index contributed by atoms with van der Waals surface area (Å²) in [6.45, 7) is 7.95. The van der Waals surface area contributed by atoms with E-state index in [0.717, 1.165) is 19.4 Å². The van der Waals surface area contributed by atoms with E-state index >= 15 is 0 Å². The van der Waals surface area contributed by atoms with Gasteiger partial charge in [0.2, 0.25) is 0 Å². The molecule has 2 rings (SSSR count). The van der Waals surface area contributed by atoms with Crippen LogP contribution >= 0.6 is 0 Å². The Kier molecular flexibility index (Phi) is 4.42. The van der Waals surface area contributed by atoms with Gasteiger partial charge in [0.05, 0.1) is 17.1 Å². The van der Waals surface area contributed by atoms with E-state index in [2.05, 4.69) is 29.0 Å². The topological polar surface area (TPSA) is 71.3 Å². The molecule has 1 saturated heterocycles. The van der Waals surface area contributed by atoms with Gasteiger partial charge in [-0.25, -0.2) is 4.98 Å². The van der Waals surface area contributed by atoms with Crippen molar-refractivity contribution in [1.29, 1.82) is 0 Å². The van der Waals surface area contributed by atoms with Crippen molar-refractivity contribution in [3.05, 3.63) is 22.2 Å². The lowest BCUT2D eigenvalue weighted by Crippen LogP contribution is -2.40. The number of rotatable bonds is 4. The summed E-state index contributed by atoms with van der Waals surface area (Å²) in [4.78, 5) is 17.4. The van der Waals surface area contributed by atoms with Gasteiger partial charge in [0, 0.05) is 19.1 Å². The molecule has 0 bridgehead atoms. The van der Waals surface area contributed by atoms with E-state index < -0.39 is 0 Å². The van der Waals surface area contributed by atoms with Crippen LogP contribution in [-0.2, 0) is 0 Å². The molecule has 0 radical (unpaired) electrons. The van der Waals surface area contributed by atoms with E-state index in [9.17, 15) is 10.1 Å². The highest BCUT2D eigenvalue weighted by molar-refractivity contribution is 5.56. The molecule has 1 aromatic heterocycles. The Hall–Kier alpha value is -1.85. The average Bonchev–Trinajstić information content (AvgIpc) is 2.38. The van der Waals surface area contributed by atoms with E-state index in [1.54, 1.807) is 6.07 Å². The number of anilines is 2. The molecule has 1 aliphatic rings. The molecule has 110 valence electrons. The van der Waals surface area contributed by atoms with Crippen LogP contribution < -0.4 is 10.2 Å². The van der Waals surface area contributed by atoms with Crippen molar-refractivity contribution < 1.29 is 4.92 Å². The van der Waals surface area contributed by atoms with Crippen molar-refractivity contribution >= 4 is 17.3 Å². The van der Waals surface area contributed by atoms with Crippen LogP contribution in [0.4, 0.5) is 17.3 Å². The predicted octanol–water partition coefficient (Wildman–Crippen LogP) is 3.05. The van der Waals surface area contributed by atoms with Crippen LogP contribution in [0.25, 0.3) is 0 Å². The number of aromatic nitrogens is 1. The fraction of sp³-hybridized carbons (Fsp3) is 0.643. The second-order valence-electron chi connectivity index (χ2n) is 5.53. The van der Waals surface area contributed by atoms with Gasteiger partial charge in [0.15, 0.2) is 0 Å². The van der Waals surface area contributed by atoms with Gasteiger partial charge in [-0.2, -0.15) is 0 Å². The molecule has 2 atom stereocenters. The van der Waals surface area contributed by atoms with Crippen LogP contribution in [0.15, 0.2) is 12.1 Å². The summed E-state index contributed by atoms with van der Waals surface area (Å²) in [5, 5.41) is 14.1. The molecule has 0 aliphatic carbocycles. The third-order valence-corrected chi connectivity index (χ3v) is 3.80. The first-order valence-electron chi connectivity index (χ1n) is 7.18. The lowest BCUT2D eigenvalue weighted by molar-refractivity contribution is -0.384. The smallest absolute Gasteiger partial charge is 0.276 e. The van der Waals surface area contributed by atoms with Crippen LogP contribution in [0.2, 0.25) is 0 Å². The van der Waals surface area contributed by atoms with E-state index in [0.29, 0.717) is 30.1 Å². The minimum Gasteiger partial charge on any atom is -0.370 e. The summed E-state index contributed by atoms with van der Waals surface area (Å²) in [5.41, 5.74) is 0.0942. The van der Waals surface area contributed by atoms with Crippen LogP contribution in [-0.4, -0.2) is 29.0 Å². The maximum absolute atomic E-state index is 11.1. The molecule has 0 aromatic carbocycles. The Morgan fingerprint density at radius 3 is 2.85 bits per heavy atom. The van der Waals surface area contributed by atoms with Crippen molar-refractivity contribution in [3.8, 4) is 0 Å². The molecule has 1 aliphatic heterocycles. The predicted molar refractivity (Wildman–Crippen MR) is 80.3 cm³/mol. The highest BCUT2D eigenvalue weighted by Gasteiger charge is 2.25. The SMILES string of the molecule is CCNc1cc([N+](=O)[O-])cc(N2CCC(C)CC2C)n1. The highest BCUT2D eigenvalue weighted by atomic mass is 16.6. The number of pyridine rings is 1. The molecule has 6 nitrogen and oxygen atoms in total. The Labute approximate surface area is 119 Å². The second kappa shape index (κ2) is 6.07. The van der Waals surface area contributed by atoms with Gasteiger partial charge in [0.1, 0.15) is 11.6 Å². The fourth-order valence-electron chi connectivity index (χ4n) is 2.77. The third kappa shape index (κ3) is 3.18. The number of hydrogen-bond acceptors (Lipinski definition) is 5. The second-order valence-corrected chi connectivity index (χ2v) is 5.53. The number of nitrogens with zero attached hydrogens (tertiary/aromatic N) is 3. The number of hydrogen-bond donors (Lipinski definition) is 1. The Morgan fingerprint density at radius 2 is 2.25 bits per heavy atom. The van der Waals surface area contributed by atoms with Gasteiger partial charge >= 0.3 is 0 Å². The molecule has 1 fully saturated rings. The maximum atomic E-state index is 11.1. The van der Waals surface area contributed by atoms with Crippen molar-refractivity contribution in [3.63, 3.8) is 0 Å². The number of nitro groups is 1. The molecule has 1 aromatic rings. The van der Waals surface area contributed by atoms with E-state index in [1.165, 1.54) is 6.07 Å². The molecule has 2 heterocycles. The van der Waals surface area contributed by atoms with Crippen molar-refractivity contribution in [2.75, 3.05) is 23.3 Å². The summed E-state index contributed by atoms with van der Waals surface area (Å²) in [7, 11) is 0. The third-order valence-electron chi connectivity index (χ3n) is 3.80. The van der Waals surface area contributed by atoms with Gasteiger partial charge < -0.3 is 10.2 Å². The highest BCUT2D eigenvalue weighted by Crippen LogP contribution is 2.30. The van der Waals surface area contributed by atoms with Gasteiger partial charge in [-0.3, -0.25) is 10.1 Å². The van der Waals surface area contributed by atoms with Gasteiger partial charge in [0.25, 0.3) is 5.69 Å². The van der Waals surface area contributed by atoms with Gasteiger partial charge in [-0.05, 0) is 32.6 Å². The summed E-state index contributed by atoms with van der Waals surface area (Å²) in [5.74, 6) is 1.98. The van der Waals surface area contributed by atoms with Gasteiger partial charge in [-0.15, -0.1) is 0 Å². The lowest BCUT2D eigenvalue weighted by atomic mass is 9.93. The first kappa shape index (κ1) is 14.6. The van der Waals surface area contributed by atoms with E-state index in [-0.39, 0.29) is 10.6 Å². The monoisotopic (exact) mass is 278 g/mol. The zero-order valence-corrected chi connectivity index (χ0v) is 12.3. The fourth-order valence-corrected chi connectivity index (χ4v) is 2.77. The normalized spacial score (nSPS) is 22.6. The molecule has 1 N–H and O–H groups in total. The largest absolute Gasteiger partial charge is 0.370 e. The van der Waals surface area contributed by atoms with Crippen LogP contribution in [0, 0.1) is 16.0 Å². The molecule has 0 spiro atoms. The molecule has 0 amide bonds. The van der Waals surface area contributed by atoms with Gasteiger partial charge in [-0.1, -0.05) is 6.92 Å². The zero-order valence-electron chi connectivity index (χ0n) is 12.3. The lowest BCUT2D eigenvalue weighted by Gasteiger charge is -2.37. The molecule has 2 unspecified atom stereocenters. The average molecular weight is 278 g/mol. The Balaban J connectivity index is 2.32. The minimum atomic E-state index is -0.358. The number of piperidine rings is 1. The summed E-state index contributed by atoms with van der Waals surface area (Å²) < 4.78 is 0.